The van der Waals surface area contributed by atoms with Crippen molar-refractivity contribution in [1.82, 2.24) is 25.3 Å². The van der Waals surface area contributed by atoms with E-state index in [1.54, 1.807) is 0 Å². The summed E-state index contributed by atoms with van der Waals surface area (Å²) in [5, 5.41) is 16.5. The van der Waals surface area contributed by atoms with Gasteiger partial charge in [-0.1, -0.05) is 0 Å². The van der Waals surface area contributed by atoms with Gasteiger partial charge in [0.2, 0.25) is 5.91 Å². The molecule has 2 aliphatic rings. The first-order valence-corrected chi connectivity index (χ1v) is 11.1. The van der Waals surface area contributed by atoms with Gasteiger partial charge in [0.15, 0.2) is 11.6 Å². The molecule has 2 aliphatic heterocycles. The van der Waals surface area contributed by atoms with Crippen LogP contribution < -0.4 is 10.2 Å². The zero-order chi connectivity index (χ0) is 20.9. The van der Waals surface area contributed by atoms with Crippen LogP contribution >= 0.6 is 0 Å². The number of nitrogens with zero attached hydrogens (tertiary/aromatic N) is 5. The van der Waals surface area contributed by atoms with Gasteiger partial charge in [-0.05, 0) is 70.1 Å². The van der Waals surface area contributed by atoms with Crippen molar-refractivity contribution in [2.24, 2.45) is 0 Å². The van der Waals surface area contributed by atoms with Crippen LogP contribution in [0.5, 0.6) is 0 Å². The van der Waals surface area contributed by atoms with Crippen LogP contribution in [0.4, 0.5) is 5.82 Å². The highest BCUT2D eigenvalue weighted by atomic mass is 16.5. The monoisotopic (exact) mass is 412 g/mol. The van der Waals surface area contributed by atoms with Crippen molar-refractivity contribution in [3.8, 4) is 5.82 Å². The minimum Gasteiger partial charge on any atom is -0.376 e. The van der Waals surface area contributed by atoms with Crippen molar-refractivity contribution < 1.29 is 9.53 Å². The van der Waals surface area contributed by atoms with Gasteiger partial charge in [0.25, 0.3) is 0 Å². The minimum absolute atomic E-state index is 0.0581. The Morgan fingerprint density at radius 1 is 1.13 bits per heavy atom. The molecule has 0 radical (unpaired) electrons. The van der Waals surface area contributed by atoms with Crippen molar-refractivity contribution in [2.75, 3.05) is 31.1 Å². The minimum atomic E-state index is 0.0581. The van der Waals surface area contributed by atoms with Gasteiger partial charge in [-0.3, -0.25) is 4.79 Å². The Balaban J connectivity index is 1.37. The van der Waals surface area contributed by atoms with Gasteiger partial charge in [0.05, 0.1) is 11.8 Å². The van der Waals surface area contributed by atoms with Crippen LogP contribution in [0.3, 0.4) is 0 Å². The van der Waals surface area contributed by atoms with Crippen molar-refractivity contribution in [2.45, 2.75) is 64.9 Å². The summed E-state index contributed by atoms with van der Waals surface area (Å²) in [6, 6.07) is 4.01. The molecule has 1 N–H and O–H groups in total. The van der Waals surface area contributed by atoms with E-state index in [0.717, 1.165) is 55.3 Å². The van der Waals surface area contributed by atoms with Crippen molar-refractivity contribution in [3.05, 3.63) is 29.1 Å². The first-order valence-electron chi connectivity index (χ1n) is 11.1. The molecule has 2 fully saturated rings. The molecule has 8 heteroatoms. The number of hydrogen-bond acceptors (Lipinski definition) is 6. The summed E-state index contributed by atoms with van der Waals surface area (Å²) in [5.41, 5.74) is 3.05. The predicted octanol–water partition coefficient (Wildman–Crippen LogP) is 2.50. The van der Waals surface area contributed by atoms with Gasteiger partial charge in [-0.25, -0.2) is 4.68 Å². The molecule has 2 saturated heterocycles. The Kier molecular flexibility index (Phi) is 6.62. The summed E-state index contributed by atoms with van der Waals surface area (Å²) in [7, 11) is 0. The van der Waals surface area contributed by atoms with Crippen LogP contribution in [-0.2, 0) is 16.0 Å². The van der Waals surface area contributed by atoms with E-state index in [9.17, 15) is 4.79 Å². The normalized spacial score (nSPS) is 19.3. The summed E-state index contributed by atoms with van der Waals surface area (Å²) < 4.78 is 7.40. The van der Waals surface area contributed by atoms with Gasteiger partial charge in [0, 0.05) is 38.4 Å². The lowest BCUT2D eigenvalue weighted by molar-refractivity contribution is -0.121. The van der Waals surface area contributed by atoms with Crippen molar-refractivity contribution in [3.63, 3.8) is 0 Å². The fourth-order valence-corrected chi connectivity index (χ4v) is 4.34. The average molecular weight is 413 g/mol. The number of nitrogens with one attached hydrogen (secondary N) is 1. The van der Waals surface area contributed by atoms with E-state index in [2.05, 4.69) is 25.5 Å². The molecule has 4 heterocycles. The summed E-state index contributed by atoms with van der Waals surface area (Å²) >= 11 is 0. The van der Waals surface area contributed by atoms with Crippen LogP contribution in [0, 0.1) is 13.8 Å². The molecule has 0 aliphatic carbocycles. The molecule has 1 amide bonds. The number of piperidine rings is 1. The van der Waals surface area contributed by atoms with E-state index < -0.39 is 0 Å². The zero-order valence-electron chi connectivity index (χ0n) is 18.1. The molecule has 0 saturated carbocycles. The molecular formula is C22H32N6O2. The summed E-state index contributed by atoms with van der Waals surface area (Å²) in [6.07, 6.45) is 7.11. The second-order valence-corrected chi connectivity index (χ2v) is 8.30. The first kappa shape index (κ1) is 20.8. The Morgan fingerprint density at radius 3 is 2.60 bits per heavy atom. The lowest BCUT2D eigenvalue weighted by Crippen LogP contribution is -2.31. The number of carbonyl (C=O) groups excluding carboxylic acids is 1. The molecule has 0 bridgehead atoms. The standard InChI is InChI=1S/C22H32N6O2/c1-16-19(8-11-22(29)23-15-18-7-6-14-30-18)17(2)28(26-16)21-10-9-20(24-25-21)27-12-4-3-5-13-27/h9-10,18H,3-8,11-15H2,1-2H3,(H,23,29). The van der Waals surface area contributed by atoms with E-state index in [1.165, 1.54) is 19.3 Å². The summed E-state index contributed by atoms with van der Waals surface area (Å²) in [4.78, 5) is 14.5. The average Bonchev–Trinajstić information content (AvgIpc) is 3.40. The zero-order valence-corrected chi connectivity index (χ0v) is 18.1. The number of aromatic nitrogens is 4. The fraction of sp³-hybridized carbons (Fsp3) is 0.636. The largest absolute Gasteiger partial charge is 0.376 e. The summed E-state index contributed by atoms with van der Waals surface area (Å²) in [5.74, 6) is 1.70. The smallest absolute Gasteiger partial charge is 0.220 e. The number of amides is 1. The van der Waals surface area contributed by atoms with E-state index in [0.29, 0.717) is 25.2 Å². The lowest BCUT2D eigenvalue weighted by Gasteiger charge is -2.27. The number of carbonyl (C=O) groups is 1. The van der Waals surface area contributed by atoms with Crippen molar-refractivity contribution in [1.29, 1.82) is 0 Å². The third-order valence-electron chi connectivity index (χ3n) is 6.13. The topological polar surface area (TPSA) is 85.2 Å². The highest BCUT2D eigenvalue weighted by Crippen LogP contribution is 2.21. The molecule has 4 rings (SSSR count). The molecule has 162 valence electrons. The van der Waals surface area contributed by atoms with Gasteiger partial charge in [-0.2, -0.15) is 5.10 Å². The predicted molar refractivity (Wildman–Crippen MR) is 115 cm³/mol. The Morgan fingerprint density at radius 2 is 1.90 bits per heavy atom. The van der Waals surface area contributed by atoms with Gasteiger partial charge < -0.3 is 15.0 Å². The van der Waals surface area contributed by atoms with Crippen LogP contribution in [-0.4, -0.2) is 58.2 Å². The lowest BCUT2D eigenvalue weighted by atomic mass is 10.1. The number of ether oxygens (including phenoxy) is 1. The van der Waals surface area contributed by atoms with E-state index in [-0.39, 0.29) is 12.0 Å². The highest BCUT2D eigenvalue weighted by Gasteiger charge is 2.18. The molecule has 0 aromatic carbocycles. The van der Waals surface area contributed by atoms with Gasteiger partial charge in [-0.15, -0.1) is 10.2 Å². The maximum Gasteiger partial charge on any atom is 0.220 e. The highest BCUT2D eigenvalue weighted by molar-refractivity contribution is 5.76. The maximum absolute atomic E-state index is 12.2. The molecular weight excluding hydrogens is 380 g/mol. The Labute approximate surface area is 178 Å². The molecule has 0 spiro atoms. The number of hydrogen-bond donors (Lipinski definition) is 1. The molecule has 1 unspecified atom stereocenters. The molecule has 1 atom stereocenters. The van der Waals surface area contributed by atoms with Gasteiger partial charge in [0.1, 0.15) is 0 Å². The SMILES string of the molecule is Cc1nn(-c2ccc(N3CCCCC3)nn2)c(C)c1CCC(=O)NCC1CCCO1. The van der Waals surface area contributed by atoms with Crippen LogP contribution in [0.1, 0.15) is 55.5 Å². The molecule has 2 aromatic rings. The fourth-order valence-electron chi connectivity index (χ4n) is 4.34. The van der Waals surface area contributed by atoms with Gasteiger partial charge >= 0.3 is 0 Å². The van der Waals surface area contributed by atoms with Crippen LogP contribution in [0.25, 0.3) is 5.82 Å². The van der Waals surface area contributed by atoms with E-state index in [1.807, 2.05) is 30.7 Å². The number of aryl methyl sites for hydroxylation is 1. The Hall–Kier alpha value is -2.48. The molecule has 8 nitrogen and oxygen atoms in total. The van der Waals surface area contributed by atoms with E-state index in [4.69, 9.17) is 4.74 Å². The molecule has 30 heavy (non-hydrogen) atoms. The van der Waals surface area contributed by atoms with Crippen molar-refractivity contribution >= 4 is 11.7 Å². The number of rotatable bonds is 7. The maximum atomic E-state index is 12.2. The number of anilines is 1. The summed E-state index contributed by atoms with van der Waals surface area (Å²) in [6.45, 7) is 7.52. The second kappa shape index (κ2) is 9.55. The first-order chi connectivity index (χ1) is 14.6. The van der Waals surface area contributed by atoms with Crippen LogP contribution in [0.15, 0.2) is 12.1 Å². The third kappa shape index (κ3) is 4.80. The second-order valence-electron chi connectivity index (χ2n) is 8.30. The van der Waals surface area contributed by atoms with E-state index >= 15 is 0 Å². The quantitative estimate of drug-likeness (QED) is 0.752. The molecule has 2 aromatic heterocycles. The Bertz CT molecular complexity index is 851. The van der Waals surface area contributed by atoms with Crippen LogP contribution in [0.2, 0.25) is 0 Å². The third-order valence-corrected chi connectivity index (χ3v) is 6.13.